The standard InChI is InChI=1S/C16H26ClNOS/c1-4-16(12-19,18-13(2)3)10-5-11-20-15-8-6-14(17)7-9-15/h6-9,13,18-19H,4-5,10-12H2,1-3H3. The van der Waals surface area contributed by atoms with Gasteiger partial charge in [-0.05, 0) is 49.3 Å². The Kier molecular flexibility index (Phi) is 7.96. The molecule has 0 aliphatic carbocycles. The third-order valence-electron chi connectivity index (χ3n) is 3.46. The van der Waals surface area contributed by atoms with Gasteiger partial charge in [-0.15, -0.1) is 11.8 Å². The van der Waals surface area contributed by atoms with E-state index in [2.05, 4.69) is 38.2 Å². The minimum absolute atomic E-state index is 0.130. The Morgan fingerprint density at radius 3 is 2.45 bits per heavy atom. The van der Waals surface area contributed by atoms with Gasteiger partial charge in [-0.1, -0.05) is 32.4 Å². The maximum Gasteiger partial charge on any atom is 0.0613 e. The van der Waals surface area contributed by atoms with Gasteiger partial charge in [0, 0.05) is 21.5 Å². The molecular weight excluding hydrogens is 290 g/mol. The second kappa shape index (κ2) is 8.93. The van der Waals surface area contributed by atoms with Crippen molar-refractivity contribution in [3.8, 4) is 0 Å². The molecular formula is C16H26ClNOS. The predicted molar refractivity (Wildman–Crippen MR) is 89.8 cm³/mol. The quantitative estimate of drug-likeness (QED) is 0.525. The largest absolute Gasteiger partial charge is 0.394 e. The number of thioether (sulfide) groups is 1. The van der Waals surface area contributed by atoms with Crippen LogP contribution >= 0.6 is 23.4 Å². The summed E-state index contributed by atoms with van der Waals surface area (Å²) in [6.45, 7) is 6.59. The summed E-state index contributed by atoms with van der Waals surface area (Å²) >= 11 is 7.72. The summed E-state index contributed by atoms with van der Waals surface area (Å²) in [6, 6.07) is 8.35. The van der Waals surface area contributed by atoms with Crippen LogP contribution in [0.3, 0.4) is 0 Å². The number of hydrogen-bond donors (Lipinski definition) is 2. The average Bonchev–Trinajstić information content (AvgIpc) is 2.44. The van der Waals surface area contributed by atoms with E-state index in [1.54, 1.807) is 0 Å². The molecule has 0 aromatic heterocycles. The molecule has 4 heteroatoms. The lowest BCUT2D eigenvalue weighted by molar-refractivity contribution is 0.137. The van der Waals surface area contributed by atoms with Gasteiger partial charge in [-0.25, -0.2) is 0 Å². The Bertz CT molecular complexity index is 377. The highest BCUT2D eigenvalue weighted by molar-refractivity contribution is 7.99. The molecule has 0 saturated carbocycles. The number of nitrogens with one attached hydrogen (secondary N) is 1. The molecule has 0 radical (unpaired) electrons. The summed E-state index contributed by atoms with van der Waals surface area (Å²) < 4.78 is 0. The monoisotopic (exact) mass is 315 g/mol. The lowest BCUT2D eigenvalue weighted by atomic mass is 9.91. The van der Waals surface area contributed by atoms with Crippen LogP contribution in [0, 0.1) is 0 Å². The van der Waals surface area contributed by atoms with Crippen LogP contribution in [0.15, 0.2) is 29.2 Å². The summed E-state index contributed by atoms with van der Waals surface area (Å²) in [5, 5.41) is 14.0. The highest BCUT2D eigenvalue weighted by Crippen LogP contribution is 2.24. The van der Waals surface area contributed by atoms with E-state index in [1.807, 2.05) is 23.9 Å². The maximum atomic E-state index is 9.69. The van der Waals surface area contributed by atoms with Gasteiger partial charge < -0.3 is 10.4 Å². The third kappa shape index (κ3) is 6.04. The van der Waals surface area contributed by atoms with Gasteiger partial charge in [0.25, 0.3) is 0 Å². The zero-order chi connectivity index (χ0) is 15.0. The summed E-state index contributed by atoms with van der Waals surface area (Å²) in [4.78, 5) is 1.25. The predicted octanol–water partition coefficient (Wildman–Crippen LogP) is 4.35. The van der Waals surface area contributed by atoms with E-state index in [4.69, 9.17) is 11.6 Å². The molecule has 1 aromatic rings. The molecule has 2 N–H and O–H groups in total. The molecule has 1 unspecified atom stereocenters. The van der Waals surface area contributed by atoms with Crippen molar-refractivity contribution in [3.05, 3.63) is 29.3 Å². The van der Waals surface area contributed by atoms with Gasteiger partial charge in [0.15, 0.2) is 0 Å². The average molecular weight is 316 g/mol. The smallest absolute Gasteiger partial charge is 0.0613 e. The lowest BCUT2D eigenvalue weighted by Gasteiger charge is -2.34. The van der Waals surface area contributed by atoms with Crippen LogP contribution in [0.2, 0.25) is 5.02 Å². The molecule has 1 aromatic carbocycles. The molecule has 0 spiro atoms. The Morgan fingerprint density at radius 2 is 1.95 bits per heavy atom. The SMILES string of the molecule is CCC(CO)(CCCSc1ccc(Cl)cc1)NC(C)C. The molecule has 20 heavy (non-hydrogen) atoms. The van der Waals surface area contributed by atoms with E-state index >= 15 is 0 Å². The van der Waals surface area contributed by atoms with Crippen molar-refractivity contribution in [3.63, 3.8) is 0 Å². The zero-order valence-corrected chi connectivity index (χ0v) is 14.2. The number of aliphatic hydroxyl groups excluding tert-OH is 1. The van der Waals surface area contributed by atoms with Gasteiger partial charge >= 0.3 is 0 Å². The summed E-state index contributed by atoms with van der Waals surface area (Å²) in [5.41, 5.74) is -0.130. The first-order chi connectivity index (χ1) is 9.51. The highest BCUT2D eigenvalue weighted by atomic mass is 35.5. The Morgan fingerprint density at radius 1 is 1.30 bits per heavy atom. The first-order valence-electron chi connectivity index (χ1n) is 7.28. The minimum Gasteiger partial charge on any atom is -0.394 e. The topological polar surface area (TPSA) is 32.3 Å². The molecule has 1 atom stereocenters. The fourth-order valence-electron chi connectivity index (χ4n) is 2.33. The molecule has 0 aliphatic heterocycles. The normalized spacial score (nSPS) is 14.5. The first-order valence-corrected chi connectivity index (χ1v) is 8.64. The highest BCUT2D eigenvalue weighted by Gasteiger charge is 2.26. The Labute approximate surface area is 132 Å². The van der Waals surface area contributed by atoms with E-state index < -0.39 is 0 Å². The zero-order valence-electron chi connectivity index (χ0n) is 12.7. The molecule has 0 amide bonds. The molecule has 0 aliphatic rings. The molecule has 114 valence electrons. The second-order valence-corrected chi connectivity index (χ2v) is 7.10. The van der Waals surface area contributed by atoms with Crippen molar-refractivity contribution in [1.82, 2.24) is 5.32 Å². The van der Waals surface area contributed by atoms with Crippen LogP contribution in [0.1, 0.15) is 40.0 Å². The van der Waals surface area contributed by atoms with Crippen LogP contribution in [-0.2, 0) is 0 Å². The van der Waals surface area contributed by atoms with Gasteiger partial charge in [0.05, 0.1) is 6.61 Å². The van der Waals surface area contributed by atoms with Crippen LogP contribution in [-0.4, -0.2) is 29.0 Å². The van der Waals surface area contributed by atoms with E-state index in [0.717, 1.165) is 30.0 Å². The summed E-state index contributed by atoms with van der Waals surface area (Å²) in [7, 11) is 0. The lowest BCUT2D eigenvalue weighted by Crippen LogP contribution is -2.51. The van der Waals surface area contributed by atoms with E-state index in [-0.39, 0.29) is 12.1 Å². The van der Waals surface area contributed by atoms with Crippen LogP contribution < -0.4 is 5.32 Å². The molecule has 2 nitrogen and oxygen atoms in total. The molecule has 0 bridgehead atoms. The molecule has 0 heterocycles. The van der Waals surface area contributed by atoms with Gasteiger partial charge in [0.2, 0.25) is 0 Å². The van der Waals surface area contributed by atoms with Crippen molar-refractivity contribution >= 4 is 23.4 Å². The molecule has 0 saturated heterocycles. The Hall–Kier alpha value is -0.220. The van der Waals surface area contributed by atoms with Gasteiger partial charge in [-0.3, -0.25) is 0 Å². The van der Waals surface area contributed by atoms with Crippen molar-refractivity contribution in [1.29, 1.82) is 0 Å². The third-order valence-corrected chi connectivity index (χ3v) is 4.81. The number of rotatable bonds is 9. The fraction of sp³-hybridized carbons (Fsp3) is 0.625. The molecule has 0 fully saturated rings. The summed E-state index contributed by atoms with van der Waals surface area (Å²) in [5.74, 6) is 1.06. The second-order valence-electron chi connectivity index (χ2n) is 5.50. The number of halogens is 1. The van der Waals surface area contributed by atoms with Crippen LogP contribution in [0.4, 0.5) is 0 Å². The fourth-order valence-corrected chi connectivity index (χ4v) is 3.31. The minimum atomic E-state index is -0.130. The number of benzene rings is 1. The number of hydrogen-bond acceptors (Lipinski definition) is 3. The van der Waals surface area contributed by atoms with E-state index in [9.17, 15) is 5.11 Å². The summed E-state index contributed by atoms with van der Waals surface area (Å²) in [6.07, 6.45) is 3.04. The van der Waals surface area contributed by atoms with Crippen molar-refractivity contribution in [2.24, 2.45) is 0 Å². The van der Waals surface area contributed by atoms with Gasteiger partial charge in [-0.2, -0.15) is 0 Å². The van der Waals surface area contributed by atoms with Crippen molar-refractivity contribution in [2.45, 2.75) is 56.5 Å². The molecule has 1 rings (SSSR count). The van der Waals surface area contributed by atoms with E-state index in [1.165, 1.54) is 4.90 Å². The maximum absolute atomic E-state index is 9.69. The van der Waals surface area contributed by atoms with E-state index in [0.29, 0.717) is 6.04 Å². The van der Waals surface area contributed by atoms with Crippen molar-refractivity contribution in [2.75, 3.05) is 12.4 Å². The van der Waals surface area contributed by atoms with Crippen LogP contribution in [0.25, 0.3) is 0 Å². The first kappa shape index (κ1) is 17.8. The van der Waals surface area contributed by atoms with Gasteiger partial charge in [0.1, 0.15) is 0 Å². The van der Waals surface area contributed by atoms with Crippen LogP contribution in [0.5, 0.6) is 0 Å². The Balaban J connectivity index is 2.38. The van der Waals surface area contributed by atoms with Crippen molar-refractivity contribution < 1.29 is 5.11 Å². The number of aliphatic hydroxyl groups is 1.